The van der Waals surface area contributed by atoms with Crippen LogP contribution in [0.5, 0.6) is 5.75 Å². The molecular formula is C19H26N2O3. The highest BCUT2D eigenvalue weighted by Crippen LogP contribution is 2.35. The summed E-state index contributed by atoms with van der Waals surface area (Å²) in [6, 6.07) is 7.98. The van der Waals surface area contributed by atoms with Crippen molar-refractivity contribution < 1.29 is 14.3 Å². The van der Waals surface area contributed by atoms with Crippen LogP contribution in [0.1, 0.15) is 38.2 Å². The summed E-state index contributed by atoms with van der Waals surface area (Å²) in [5.74, 6) is 1.72. The molecule has 1 saturated heterocycles. The zero-order chi connectivity index (χ0) is 17.1. The van der Waals surface area contributed by atoms with Gasteiger partial charge in [-0.05, 0) is 55.7 Å². The van der Waals surface area contributed by atoms with E-state index < -0.39 is 0 Å². The third-order valence-corrected chi connectivity index (χ3v) is 5.21. The van der Waals surface area contributed by atoms with Crippen LogP contribution in [0, 0.1) is 18.8 Å². The molecule has 1 aromatic carbocycles. The first kappa shape index (κ1) is 16.8. The van der Waals surface area contributed by atoms with Gasteiger partial charge in [-0.1, -0.05) is 19.1 Å². The number of carbonyl (C=O) groups excluding carboxylic acids is 2. The van der Waals surface area contributed by atoms with E-state index in [4.69, 9.17) is 4.74 Å². The molecule has 2 N–H and O–H groups in total. The van der Waals surface area contributed by atoms with E-state index in [1.54, 1.807) is 0 Å². The first-order valence-electron chi connectivity index (χ1n) is 8.79. The number of aryl methyl sites for hydroxylation is 1. The van der Waals surface area contributed by atoms with Crippen LogP contribution >= 0.6 is 0 Å². The molecule has 1 saturated carbocycles. The number of rotatable bonds is 4. The Morgan fingerprint density at radius 3 is 3.00 bits per heavy atom. The van der Waals surface area contributed by atoms with E-state index >= 15 is 0 Å². The smallest absolute Gasteiger partial charge is 0.258 e. The van der Waals surface area contributed by atoms with Gasteiger partial charge in [0, 0.05) is 18.5 Å². The predicted molar refractivity (Wildman–Crippen MR) is 91.7 cm³/mol. The molecule has 1 heterocycles. The van der Waals surface area contributed by atoms with E-state index in [2.05, 4.69) is 17.6 Å². The average Bonchev–Trinajstić information content (AvgIpc) is 2.52. The third-order valence-electron chi connectivity index (χ3n) is 5.21. The van der Waals surface area contributed by atoms with Crippen molar-refractivity contribution in [3.8, 4) is 5.75 Å². The molecule has 1 aliphatic carbocycles. The number of fused-ring (bicyclic) bond motifs is 1. The van der Waals surface area contributed by atoms with Crippen molar-refractivity contribution in [1.29, 1.82) is 0 Å². The van der Waals surface area contributed by atoms with Crippen LogP contribution in [0.2, 0.25) is 0 Å². The summed E-state index contributed by atoms with van der Waals surface area (Å²) in [5, 5.41) is 6.15. The Hall–Kier alpha value is -2.04. The molecule has 2 aliphatic rings. The third kappa shape index (κ3) is 4.08. The van der Waals surface area contributed by atoms with Gasteiger partial charge in [0.05, 0.1) is 0 Å². The van der Waals surface area contributed by atoms with Gasteiger partial charge in [0.1, 0.15) is 5.75 Å². The molecule has 24 heavy (non-hydrogen) atoms. The number of ether oxygens (including phenoxy) is 1. The van der Waals surface area contributed by atoms with Crippen LogP contribution in [0.3, 0.4) is 0 Å². The lowest BCUT2D eigenvalue weighted by atomic mass is 9.72. The molecule has 0 aromatic heterocycles. The minimum absolute atomic E-state index is 0.0246. The lowest BCUT2D eigenvalue weighted by Crippen LogP contribution is -2.55. The maximum Gasteiger partial charge on any atom is 0.258 e. The number of hydrogen-bond donors (Lipinski definition) is 2. The molecule has 2 amide bonds. The zero-order valence-corrected chi connectivity index (χ0v) is 14.4. The summed E-state index contributed by atoms with van der Waals surface area (Å²) < 4.78 is 5.55. The van der Waals surface area contributed by atoms with Crippen LogP contribution in [-0.2, 0) is 9.59 Å². The van der Waals surface area contributed by atoms with Gasteiger partial charge in [-0.3, -0.25) is 9.59 Å². The Morgan fingerprint density at radius 1 is 1.38 bits per heavy atom. The number of nitrogens with one attached hydrogen (secondary N) is 2. The summed E-state index contributed by atoms with van der Waals surface area (Å²) in [4.78, 5) is 23.9. The van der Waals surface area contributed by atoms with E-state index in [1.807, 2.05) is 31.2 Å². The van der Waals surface area contributed by atoms with Gasteiger partial charge in [-0.25, -0.2) is 0 Å². The molecule has 4 unspecified atom stereocenters. The highest BCUT2D eigenvalue weighted by Gasteiger charge is 2.38. The van der Waals surface area contributed by atoms with Gasteiger partial charge in [0.25, 0.3) is 5.91 Å². The fraction of sp³-hybridized carbons (Fsp3) is 0.579. The van der Waals surface area contributed by atoms with Crippen molar-refractivity contribution >= 4 is 11.8 Å². The molecule has 1 aromatic rings. The number of hydrogen-bond acceptors (Lipinski definition) is 3. The molecule has 5 nitrogen and oxygen atoms in total. The number of carbonyl (C=O) groups is 2. The Kier molecular flexibility index (Phi) is 5.07. The molecule has 2 fully saturated rings. The maximum absolute atomic E-state index is 12.1. The minimum atomic E-state index is -0.102. The quantitative estimate of drug-likeness (QED) is 0.889. The van der Waals surface area contributed by atoms with Gasteiger partial charge in [0.15, 0.2) is 6.61 Å². The topological polar surface area (TPSA) is 67.4 Å². The van der Waals surface area contributed by atoms with Crippen LogP contribution in [0.25, 0.3) is 0 Å². The standard InChI is InChI=1S/C19H26N2O3/c1-12-4-3-5-15(8-12)24-11-19(23)20-14-6-7-16-13(2)9-18(22)21-17(16)10-14/h3-5,8,13-14,16-17H,6-7,9-11H2,1-2H3,(H,20,23)(H,21,22). The second-order valence-electron chi connectivity index (χ2n) is 7.20. The van der Waals surface area contributed by atoms with Gasteiger partial charge in [-0.15, -0.1) is 0 Å². The molecule has 1 aliphatic heterocycles. The van der Waals surface area contributed by atoms with Crippen LogP contribution in [0.4, 0.5) is 0 Å². The Balaban J connectivity index is 1.48. The summed E-state index contributed by atoms with van der Waals surface area (Å²) in [6.07, 6.45) is 3.47. The Bertz CT molecular complexity index is 616. The first-order chi connectivity index (χ1) is 11.5. The molecule has 130 valence electrons. The van der Waals surface area contributed by atoms with Crippen molar-refractivity contribution in [3.05, 3.63) is 29.8 Å². The minimum Gasteiger partial charge on any atom is -0.484 e. The number of piperidine rings is 1. The summed E-state index contributed by atoms with van der Waals surface area (Å²) >= 11 is 0. The van der Waals surface area contributed by atoms with Gasteiger partial charge in [-0.2, -0.15) is 0 Å². The Morgan fingerprint density at radius 2 is 2.21 bits per heavy atom. The predicted octanol–water partition coefficient (Wildman–Crippen LogP) is 2.18. The van der Waals surface area contributed by atoms with Gasteiger partial charge < -0.3 is 15.4 Å². The first-order valence-corrected chi connectivity index (χ1v) is 8.79. The fourth-order valence-corrected chi connectivity index (χ4v) is 4.01. The van der Waals surface area contributed by atoms with Crippen molar-refractivity contribution in [2.45, 2.75) is 51.6 Å². The number of benzene rings is 1. The normalized spacial score (nSPS) is 29.3. The van der Waals surface area contributed by atoms with Crippen LogP contribution in [-0.4, -0.2) is 30.5 Å². The molecular weight excluding hydrogens is 304 g/mol. The molecule has 0 radical (unpaired) electrons. The maximum atomic E-state index is 12.1. The highest BCUT2D eigenvalue weighted by molar-refractivity contribution is 5.78. The van der Waals surface area contributed by atoms with Crippen LogP contribution in [0.15, 0.2) is 24.3 Å². The zero-order valence-electron chi connectivity index (χ0n) is 14.4. The Labute approximate surface area is 143 Å². The molecule has 3 rings (SSSR count). The summed E-state index contributed by atoms with van der Waals surface area (Å²) in [6.45, 7) is 4.17. The average molecular weight is 330 g/mol. The second kappa shape index (κ2) is 7.24. The number of amides is 2. The van der Waals surface area contributed by atoms with E-state index in [1.165, 1.54) is 0 Å². The summed E-state index contributed by atoms with van der Waals surface area (Å²) in [7, 11) is 0. The van der Waals surface area contributed by atoms with Crippen molar-refractivity contribution in [2.75, 3.05) is 6.61 Å². The van der Waals surface area contributed by atoms with E-state index in [-0.39, 0.29) is 30.5 Å². The van der Waals surface area contributed by atoms with E-state index in [9.17, 15) is 9.59 Å². The van der Waals surface area contributed by atoms with E-state index in [0.717, 1.165) is 24.8 Å². The van der Waals surface area contributed by atoms with Crippen molar-refractivity contribution in [3.63, 3.8) is 0 Å². The fourth-order valence-electron chi connectivity index (χ4n) is 4.01. The SMILES string of the molecule is Cc1cccc(OCC(=O)NC2CCC3C(C)CC(=O)NC3C2)c1. The van der Waals surface area contributed by atoms with E-state index in [0.29, 0.717) is 24.0 Å². The van der Waals surface area contributed by atoms with Crippen LogP contribution < -0.4 is 15.4 Å². The van der Waals surface area contributed by atoms with Crippen molar-refractivity contribution in [1.82, 2.24) is 10.6 Å². The largest absolute Gasteiger partial charge is 0.484 e. The molecule has 5 heteroatoms. The lowest BCUT2D eigenvalue weighted by molar-refractivity contribution is -0.127. The molecule has 4 atom stereocenters. The lowest BCUT2D eigenvalue weighted by Gasteiger charge is -2.43. The molecule has 0 spiro atoms. The van der Waals surface area contributed by atoms with Gasteiger partial charge >= 0.3 is 0 Å². The summed E-state index contributed by atoms with van der Waals surface area (Å²) in [5.41, 5.74) is 1.10. The molecule has 0 bridgehead atoms. The second-order valence-corrected chi connectivity index (χ2v) is 7.20. The monoisotopic (exact) mass is 330 g/mol. The van der Waals surface area contributed by atoms with Crippen molar-refractivity contribution in [2.24, 2.45) is 11.8 Å². The highest BCUT2D eigenvalue weighted by atomic mass is 16.5. The van der Waals surface area contributed by atoms with Gasteiger partial charge in [0.2, 0.25) is 5.91 Å².